The largest absolute Gasteiger partial charge is 0.478 e. The van der Waals surface area contributed by atoms with Gasteiger partial charge in [0.1, 0.15) is 11.6 Å². The van der Waals surface area contributed by atoms with Crippen molar-refractivity contribution >= 4 is 5.97 Å². The van der Waals surface area contributed by atoms with Crippen molar-refractivity contribution in [3.8, 4) is 11.3 Å². The summed E-state index contributed by atoms with van der Waals surface area (Å²) in [6, 6.07) is 4.56. The second-order valence-corrected chi connectivity index (χ2v) is 3.96. The first-order valence-electron chi connectivity index (χ1n) is 5.64. The predicted octanol–water partition coefficient (Wildman–Crippen LogP) is 1.84. The van der Waals surface area contributed by atoms with Gasteiger partial charge in [-0.15, -0.1) is 0 Å². The van der Waals surface area contributed by atoms with E-state index in [1.165, 1.54) is 12.1 Å². The van der Waals surface area contributed by atoms with E-state index < -0.39 is 11.8 Å². The SMILES string of the molecule is CCc1nc(-c2cc(F)cc(C(=O)O)c2)cc(=O)[nH]1. The van der Waals surface area contributed by atoms with Crippen LogP contribution in [0.25, 0.3) is 11.3 Å². The van der Waals surface area contributed by atoms with Gasteiger partial charge in [0.05, 0.1) is 11.3 Å². The number of aromatic carboxylic acids is 1. The molecule has 0 aliphatic heterocycles. The van der Waals surface area contributed by atoms with Crippen molar-refractivity contribution in [3.63, 3.8) is 0 Å². The number of aromatic nitrogens is 2. The van der Waals surface area contributed by atoms with Crippen LogP contribution in [0, 0.1) is 5.82 Å². The molecule has 0 aliphatic carbocycles. The lowest BCUT2D eigenvalue weighted by Crippen LogP contribution is -2.10. The molecule has 0 radical (unpaired) electrons. The molecule has 1 aromatic carbocycles. The maximum absolute atomic E-state index is 13.4. The first-order chi connectivity index (χ1) is 8.99. The molecule has 0 saturated carbocycles. The Hall–Kier alpha value is -2.50. The fourth-order valence-corrected chi connectivity index (χ4v) is 1.68. The highest BCUT2D eigenvalue weighted by atomic mass is 19.1. The number of carbonyl (C=O) groups is 1. The molecule has 2 rings (SSSR count). The molecule has 0 bridgehead atoms. The minimum absolute atomic E-state index is 0.185. The highest BCUT2D eigenvalue weighted by Gasteiger charge is 2.10. The molecule has 19 heavy (non-hydrogen) atoms. The fourth-order valence-electron chi connectivity index (χ4n) is 1.68. The van der Waals surface area contributed by atoms with E-state index >= 15 is 0 Å². The van der Waals surface area contributed by atoms with E-state index in [4.69, 9.17) is 5.11 Å². The van der Waals surface area contributed by atoms with Crippen molar-refractivity contribution in [2.45, 2.75) is 13.3 Å². The number of benzene rings is 1. The number of aromatic amines is 1. The van der Waals surface area contributed by atoms with Crippen LogP contribution in [0.5, 0.6) is 0 Å². The van der Waals surface area contributed by atoms with Crippen LogP contribution in [-0.4, -0.2) is 21.0 Å². The number of hydrogen-bond acceptors (Lipinski definition) is 3. The molecule has 0 fully saturated rings. The summed E-state index contributed by atoms with van der Waals surface area (Å²) in [4.78, 5) is 29.0. The highest BCUT2D eigenvalue weighted by molar-refractivity contribution is 5.89. The summed E-state index contributed by atoms with van der Waals surface area (Å²) in [5, 5.41) is 8.88. The molecule has 0 saturated heterocycles. The Bertz CT molecular complexity index is 695. The third kappa shape index (κ3) is 2.85. The van der Waals surface area contributed by atoms with Gasteiger partial charge in [0, 0.05) is 18.1 Å². The number of nitrogens with one attached hydrogen (secondary N) is 1. The molecule has 5 nitrogen and oxygen atoms in total. The standard InChI is InChI=1S/C13H11FN2O3/c1-2-11-15-10(6-12(17)16-11)7-3-8(13(18)19)5-9(14)4-7/h3-6H,2H2,1H3,(H,18,19)(H,15,16,17). The molecular weight excluding hydrogens is 251 g/mol. The van der Waals surface area contributed by atoms with Gasteiger partial charge in [0.25, 0.3) is 5.56 Å². The van der Waals surface area contributed by atoms with E-state index in [-0.39, 0.29) is 22.4 Å². The van der Waals surface area contributed by atoms with Crippen molar-refractivity contribution in [3.05, 3.63) is 51.8 Å². The van der Waals surface area contributed by atoms with Crippen molar-refractivity contribution in [2.24, 2.45) is 0 Å². The van der Waals surface area contributed by atoms with Crippen LogP contribution >= 0.6 is 0 Å². The third-order valence-electron chi connectivity index (χ3n) is 2.57. The lowest BCUT2D eigenvalue weighted by atomic mass is 10.1. The van der Waals surface area contributed by atoms with Gasteiger partial charge in [-0.25, -0.2) is 14.2 Å². The van der Waals surface area contributed by atoms with Gasteiger partial charge in [-0.1, -0.05) is 6.92 Å². The summed E-state index contributed by atoms with van der Waals surface area (Å²) in [6.45, 7) is 1.82. The minimum atomic E-state index is -1.23. The summed E-state index contributed by atoms with van der Waals surface area (Å²) in [5.41, 5.74) is -0.0288. The van der Waals surface area contributed by atoms with E-state index in [1.807, 2.05) is 6.92 Å². The van der Waals surface area contributed by atoms with Gasteiger partial charge in [-0.05, 0) is 18.2 Å². The quantitative estimate of drug-likeness (QED) is 0.884. The zero-order valence-electron chi connectivity index (χ0n) is 10.1. The Labute approximate surface area is 107 Å². The summed E-state index contributed by atoms with van der Waals surface area (Å²) >= 11 is 0. The molecule has 98 valence electrons. The zero-order chi connectivity index (χ0) is 14.0. The molecule has 1 heterocycles. The summed E-state index contributed by atoms with van der Waals surface area (Å²) < 4.78 is 13.4. The van der Waals surface area contributed by atoms with Gasteiger partial charge in [0.2, 0.25) is 0 Å². The zero-order valence-corrected chi connectivity index (χ0v) is 10.1. The molecule has 6 heteroatoms. The Morgan fingerprint density at radius 2 is 2.11 bits per heavy atom. The van der Waals surface area contributed by atoms with E-state index in [1.54, 1.807) is 0 Å². The number of carboxylic acid groups (broad SMARTS) is 1. The number of rotatable bonds is 3. The normalized spacial score (nSPS) is 10.4. The first-order valence-corrected chi connectivity index (χ1v) is 5.64. The lowest BCUT2D eigenvalue weighted by Gasteiger charge is -2.04. The molecule has 0 unspecified atom stereocenters. The number of carboxylic acids is 1. The Morgan fingerprint density at radius 1 is 1.37 bits per heavy atom. The smallest absolute Gasteiger partial charge is 0.335 e. The summed E-state index contributed by atoms with van der Waals surface area (Å²) in [6.07, 6.45) is 0.518. The molecule has 2 aromatic rings. The van der Waals surface area contributed by atoms with Gasteiger partial charge >= 0.3 is 5.97 Å². The van der Waals surface area contributed by atoms with Crippen LogP contribution in [0.2, 0.25) is 0 Å². The third-order valence-corrected chi connectivity index (χ3v) is 2.57. The topological polar surface area (TPSA) is 83.0 Å². The average Bonchev–Trinajstić information content (AvgIpc) is 2.37. The summed E-state index contributed by atoms with van der Waals surface area (Å²) in [5.74, 6) is -1.46. The van der Waals surface area contributed by atoms with E-state index in [0.29, 0.717) is 12.2 Å². The second kappa shape index (κ2) is 5.01. The molecule has 0 spiro atoms. The Morgan fingerprint density at radius 3 is 2.74 bits per heavy atom. The van der Waals surface area contributed by atoms with Crippen LogP contribution in [0.15, 0.2) is 29.1 Å². The van der Waals surface area contributed by atoms with Crippen LogP contribution in [0.3, 0.4) is 0 Å². The van der Waals surface area contributed by atoms with E-state index in [0.717, 1.165) is 12.1 Å². The van der Waals surface area contributed by atoms with Crippen molar-refractivity contribution < 1.29 is 14.3 Å². The minimum Gasteiger partial charge on any atom is -0.478 e. The van der Waals surface area contributed by atoms with E-state index in [2.05, 4.69) is 9.97 Å². The highest BCUT2D eigenvalue weighted by Crippen LogP contribution is 2.19. The number of hydrogen-bond donors (Lipinski definition) is 2. The average molecular weight is 262 g/mol. The van der Waals surface area contributed by atoms with Gasteiger partial charge < -0.3 is 10.1 Å². The van der Waals surface area contributed by atoms with Crippen molar-refractivity contribution in [1.29, 1.82) is 0 Å². The molecule has 2 N–H and O–H groups in total. The van der Waals surface area contributed by atoms with Gasteiger partial charge in [-0.2, -0.15) is 0 Å². The van der Waals surface area contributed by atoms with Crippen LogP contribution < -0.4 is 5.56 Å². The van der Waals surface area contributed by atoms with Gasteiger partial charge in [-0.3, -0.25) is 4.79 Å². The van der Waals surface area contributed by atoms with Crippen LogP contribution in [0.4, 0.5) is 4.39 Å². The second-order valence-electron chi connectivity index (χ2n) is 3.96. The molecule has 0 aliphatic rings. The Kier molecular flexibility index (Phi) is 3.41. The number of aryl methyl sites for hydroxylation is 1. The lowest BCUT2D eigenvalue weighted by molar-refractivity contribution is 0.0696. The van der Waals surface area contributed by atoms with E-state index in [9.17, 15) is 14.0 Å². The molecule has 0 amide bonds. The number of H-pyrrole nitrogens is 1. The predicted molar refractivity (Wildman–Crippen MR) is 66.6 cm³/mol. The van der Waals surface area contributed by atoms with Crippen LogP contribution in [0.1, 0.15) is 23.1 Å². The van der Waals surface area contributed by atoms with Crippen molar-refractivity contribution in [1.82, 2.24) is 9.97 Å². The fraction of sp³-hybridized carbons (Fsp3) is 0.154. The Balaban J connectivity index is 2.61. The molecule has 1 aromatic heterocycles. The summed E-state index contributed by atoms with van der Waals surface area (Å²) in [7, 11) is 0. The maximum atomic E-state index is 13.4. The monoisotopic (exact) mass is 262 g/mol. The van der Waals surface area contributed by atoms with Crippen molar-refractivity contribution in [2.75, 3.05) is 0 Å². The molecule has 0 atom stereocenters. The number of nitrogens with zero attached hydrogens (tertiary/aromatic N) is 1. The number of halogens is 1. The first kappa shape index (κ1) is 12.9. The van der Waals surface area contributed by atoms with Crippen LogP contribution in [-0.2, 0) is 6.42 Å². The van der Waals surface area contributed by atoms with Gasteiger partial charge in [0.15, 0.2) is 0 Å². The molecular formula is C13H11FN2O3. The maximum Gasteiger partial charge on any atom is 0.335 e.